The Bertz CT molecular complexity index is 478. The highest BCUT2D eigenvalue weighted by atomic mass is 16.5. The molecule has 0 amide bonds. The molecule has 7 nitrogen and oxygen atoms in total. The van der Waals surface area contributed by atoms with Crippen LogP contribution in [-0.4, -0.2) is 45.4 Å². The second kappa shape index (κ2) is 5.40. The fourth-order valence-corrected chi connectivity index (χ4v) is 2.10. The van der Waals surface area contributed by atoms with Crippen LogP contribution in [0.3, 0.4) is 0 Å². The number of aliphatic hydroxyl groups excluding tert-OH is 1. The molecule has 1 aliphatic rings. The van der Waals surface area contributed by atoms with E-state index in [2.05, 4.69) is 25.6 Å². The summed E-state index contributed by atoms with van der Waals surface area (Å²) in [4.78, 5) is 12.7. The minimum absolute atomic E-state index is 0.00285. The van der Waals surface area contributed by atoms with Crippen molar-refractivity contribution >= 4 is 11.9 Å². The fourth-order valence-electron chi connectivity index (χ4n) is 2.10. The number of nitrogens with one attached hydrogen (secondary N) is 2. The molecule has 1 aromatic heterocycles. The van der Waals surface area contributed by atoms with E-state index in [-0.39, 0.29) is 23.7 Å². The number of ether oxygens (including phenoxy) is 1. The first kappa shape index (κ1) is 14.8. The van der Waals surface area contributed by atoms with Gasteiger partial charge in [-0.05, 0) is 20.3 Å². The molecule has 1 saturated carbocycles. The first-order chi connectivity index (χ1) is 9.32. The van der Waals surface area contributed by atoms with Crippen LogP contribution in [0.5, 0.6) is 6.01 Å². The molecule has 0 aromatic carbocycles. The van der Waals surface area contributed by atoms with E-state index in [1.165, 1.54) is 0 Å². The summed E-state index contributed by atoms with van der Waals surface area (Å²) >= 11 is 0. The van der Waals surface area contributed by atoms with Crippen LogP contribution in [0.25, 0.3) is 0 Å². The Morgan fingerprint density at radius 3 is 2.40 bits per heavy atom. The van der Waals surface area contributed by atoms with Gasteiger partial charge < -0.3 is 20.5 Å². The van der Waals surface area contributed by atoms with Crippen molar-refractivity contribution in [1.29, 1.82) is 0 Å². The first-order valence-electron chi connectivity index (χ1n) is 6.88. The summed E-state index contributed by atoms with van der Waals surface area (Å²) in [6.45, 7) is 7.87. The largest absolute Gasteiger partial charge is 0.461 e. The van der Waals surface area contributed by atoms with Crippen LogP contribution in [0, 0.1) is 5.41 Å². The summed E-state index contributed by atoms with van der Waals surface area (Å²) < 4.78 is 5.51. The average molecular weight is 281 g/mol. The van der Waals surface area contributed by atoms with Crippen molar-refractivity contribution in [3.63, 3.8) is 0 Å². The predicted octanol–water partition coefficient (Wildman–Crippen LogP) is 1.27. The summed E-state index contributed by atoms with van der Waals surface area (Å²) in [5, 5.41) is 15.9. The second-order valence-corrected chi connectivity index (χ2v) is 5.95. The third-order valence-electron chi connectivity index (χ3n) is 3.70. The van der Waals surface area contributed by atoms with Gasteiger partial charge in [0.25, 0.3) is 0 Å². The van der Waals surface area contributed by atoms with Crippen LogP contribution >= 0.6 is 0 Å². The van der Waals surface area contributed by atoms with Crippen molar-refractivity contribution in [2.75, 3.05) is 17.7 Å². The lowest BCUT2D eigenvalue weighted by Crippen LogP contribution is -2.57. The molecule has 1 fully saturated rings. The number of hydrogen-bond donors (Lipinski definition) is 3. The standard InChI is InChI=1S/C13H23N5O2/c1-7(2)20-12-17-10(14-5)16-11(18-12)15-8-6-9(19)13(8,3)4/h7-9,19H,6H2,1-5H3,(H2,14,15,16,17,18). The number of anilines is 2. The number of aromatic nitrogens is 3. The van der Waals surface area contributed by atoms with E-state index in [0.29, 0.717) is 24.3 Å². The zero-order valence-electron chi connectivity index (χ0n) is 12.6. The van der Waals surface area contributed by atoms with Gasteiger partial charge in [-0.15, -0.1) is 0 Å². The Morgan fingerprint density at radius 1 is 1.25 bits per heavy atom. The molecule has 2 atom stereocenters. The van der Waals surface area contributed by atoms with Crippen molar-refractivity contribution < 1.29 is 9.84 Å². The van der Waals surface area contributed by atoms with Gasteiger partial charge in [-0.1, -0.05) is 13.8 Å². The molecule has 1 heterocycles. The van der Waals surface area contributed by atoms with Gasteiger partial charge in [0.05, 0.1) is 12.2 Å². The van der Waals surface area contributed by atoms with E-state index in [1.807, 2.05) is 27.7 Å². The molecule has 2 unspecified atom stereocenters. The number of hydrogen-bond acceptors (Lipinski definition) is 7. The van der Waals surface area contributed by atoms with Gasteiger partial charge in [-0.3, -0.25) is 0 Å². The smallest absolute Gasteiger partial charge is 0.323 e. The highest BCUT2D eigenvalue weighted by Crippen LogP contribution is 2.41. The van der Waals surface area contributed by atoms with Crippen LogP contribution in [0.1, 0.15) is 34.1 Å². The van der Waals surface area contributed by atoms with E-state index in [0.717, 1.165) is 0 Å². The lowest BCUT2D eigenvalue weighted by molar-refractivity contribution is -0.0513. The summed E-state index contributed by atoms with van der Waals surface area (Å²) in [5.41, 5.74) is -0.189. The van der Waals surface area contributed by atoms with Gasteiger partial charge in [0, 0.05) is 18.5 Å². The van der Waals surface area contributed by atoms with Crippen molar-refractivity contribution in [3.05, 3.63) is 0 Å². The SMILES string of the molecule is CNc1nc(NC2CC(O)C2(C)C)nc(OC(C)C)n1. The number of aliphatic hydroxyl groups is 1. The maximum absolute atomic E-state index is 9.77. The van der Waals surface area contributed by atoms with Crippen LogP contribution < -0.4 is 15.4 Å². The monoisotopic (exact) mass is 281 g/mol. The maximum Gasteiger partial charge on any atom is 0.323 e. The molecule has 3 N–H and O–H groups in total. The van der Waals surface area contributed by atoms with E-state index in [1.54, 1.807) is 7.05 Å². The van der Waals surface area contributed by atoms with Crippen molar-refractivity contribution in [2.24, 2.45) is 5.41 Å². The Hall–Kier alpha value is -1.63. The number of rotatable bonds is 5. The normalized spacial score (nSPS) is 24.1. The van der Waals surface area contributed by atoms with Crippen LogP contribution in [0.2, 0.25) is 0 Å². The third kappa shape index (κ3) is 2.92. The molecule has 0 radical (unpaired) electrons. The zero-order chi connectivity index (χ0) is 14.9. The van der Waals surface area contributed by atoms with Crippen molar-refractivity contribution in [1.82, 2.24) is 15.0 Å². The summed E-state index contributed by atoms with van der Waals surface area (Å²) in [6, 6.07) is 0.427. The Kier molecular flexibility index (Phi) is 3.99. The lowest BCUT2D eigenvalue weighted by atomic mass is 9.65. The minimum atomic E-state index is -0.294. The van der Waals surface area contributed by atoms with Gasteiger partial charge in [0.1, 0.15) is 0 Å². The molecule has 1 aliphatic carbocycles. The highest BCUT2D eigenvalue weighted by Gasteiger charge is 2.47. The Morgan fingerprint density at radius 2 is 1.90 bits per heavy atom. The predicted molar refractivity (Wildman–Crippen MR) is 77.0 cm³/mol. The second-order valence-electron chi connectivity index (χ2n) is 5.95. The van der Waals surface area contributed by atoms with Crippen LogP contribution in [-0.2, 0) is 0 Å². The molecular formula is C13H23N5O2. The lowest BCUT2D eigenvalue weighted by Gasteiger charge is -2.49. The van der Waals surface area contributed by atoms with Crippen molar-refractivity contribution in [2.45, 2.75) is 52.4 Å². The van der Waals surface area contributed by atoms with Gasteiger partial charge in [0.15, 0.2) is 0 Å². The molecule has 0 spiro atoms. The maximum atomic E-state index is 9.77. The van der Waals surface area contributed by atoms with E-state index >= 15 is 0 Å². The molecular weight excluding hydrogens is 258 g/mol. The summed E-state index contributed by atoms with van der Waals surface area (Å²) in [7, 11) is 1.75. The fraction of sp³-hybridized carbons (Fsp3) is 0.769. The Labute approximate surface area is 119 Å². The van der Waals surface area contributed by atoms with E-state index in [9.17, 15) is 5.11 Å². The zero-order valence-corrected chi connectivity index (χ0v) is 12.6. The number of nitrogens with zero attached hydrogens (tertiary/aromatic N) is 3. The van der Waals surface area contributed by atoms with Gasteiger partial charge in [-0.2, -0.15) is 15.0 Å². The quantitative estimate of drug-likeness (QED) is 0.748. The van der Waals surface area contributed by atoms with Crippen LogP contribution in [0.15, 0.2) is 0 Å². The molecule has 0 saturated heterocycles. The molecule has 20 heavy (non-hydrogen) atoms. The van der Waals surface area contributed by atoms with Gasteiger partial charge >= 0.3 is 6.01 Å². The third-order valence-corrected chi connectivity index (χ3v) is 3.70. The molecule has 1 aromatic rings. The minimum Gasteiger partial charge on any atom is -0.461 e. The molecule has 112 valence electrons. The van der Waals surface area contributed by atoms with Crippen LogP contribution in [0.4, 0.5) is 11.9 Å². The topological polar surface area (TPSA) is 92.2 Å². The molecule has 0 bridgehead atoms. The first-order valence-corrected chi connectivity index (χ1v) is 6.88. The Balaban J connectivity index is 2.15. The van der Waals surface area contributed by atoms with Gasteiger partial charge in [-0.25, -0.2) is 0 Å². The van der Waals surface area contributed by atoms with Gasteiger partial charge in [0.2, 0.25) is 11.9 Å². The average Bonchev–Trinajstić information content (AvgIpc) is 2.37. The summed E-state index contributed by atoms with van der Waals surface area (Å²) in [6.07, 6.45) is 0.391. The highest BCUT2D eigenvalue weighted by molar-refractivity contribution is 5.37. The molecule has 0 aliphatic heterocycles. The van der Waals surface area contributed by atoms with E-state index < -0.39 is 0 Å². The molecule has 2 rings (SSSR count). The van der Waals surface area contributed by atoms with Crippen molar-refractivity contribution in [3.8, 4) is 6.01 Å². The van der Waals surface area contributed by atoms with E-state index in [4.69, 9.17) is 4.74 Å². The summed E-state index contributed by atoms with van der Waals surface area (Å²) in [5.74, 6) is 0.917. The molecule has 7 heteroatoms.